The number of hydrogen-bond donors (Lipinski definition) is 5. The van der Waals surface area contributed by atoms with E-state index in [0.29, 0.717) is 48.5 Å². The second kappa shape index (κ2) is 17.4. The zero-order valence-electron chi connectivity index (χ0n) is 30.7. The lowest BCUT2D eigenvalue weighted by atomic mass is 9.81. The van der Waals surface area contributed by atoms with Gasteiger partial charge >= 0.3 is 6.09 Å². The Morgan fingerprint density at radius 2 is 1.77 bits per heavy atom. The van der Waals surface area contributed by atoms with Crippen LogP contribution in [-0.2, 0) is 20.7 Å². The van der Waals surface area contributed by atoms with Gasteiger partial charge in [0.15, 0.2) is 0 Å². The lowest BCUT2D eigenvalue weighted by Gasteiger charge is -2.29. The molecule has 5 N–H and O–H groups in total. The summed E-state index contributed by atoms with van der Waals surface area (Å²) < 4.78 is 11.1. The number of ether oxygens (including phenoxy) is 2. The highest BCUT2D eigenvalue weighted by Crippen LogP contribution is 2.29. The van der Waals surface area contributed by atoms with Gasteiger partial charge in [0.05, 0.1) is 17.5 Å². The molecule has 5 rings (SSSR count). The maximum Gasteiger partial charge on any atom is 0.407 e. The molecule has 2 aromatic heterocycles. The molecule has 1 aliphatic carbocycles. The first-order valence-electron chi connectivity index (χ1n) is 17.9. The van der Waals surface area contributed by atoms with Gasteiger partial charge in [-0.25, -0.2) is 9.78 Å². The van der Waals surface area contributed by atoms with E-state index in [2.05, 4.69) is 36.0 Å². The number of aromatic nitrogens is 3. The van der Waals surface area contributed by atoms with Crippen LogP contribution in [0.3, 0.4) is 0 Å². The van der Waals surface area contributed by atoms with Gasteiger partial charge in [-0.3, -0.25) is 24.6 Å². The van der Waals surface area contributed by atoms with Crippen molar-refractivity contribution in [3.63, 3.8) is 0 Å². The van der Waals surface area contributed by atoms with Crippen LogP contribution >= 0.6 is 0 Å². The first kappa shape index (κ1) is 38.1. The number of carbonyl (C=O) groups is 3. The standard InChI is InChI=1S/C39H51N7O6/c1-39(2,3)52-38(50)41-23-25-10-12-27(13-11-25)35(47)43-33(37(49)42-30-15-16-31-32(22-30)44-45-36(31)48)21-26-8-6-9-28(20-26)29-14-17-34(40-24-29)51-19-7-18-46(4)5/h6,8-9,14-17,20,22,24-25,27,33H,7,10-13,18-19,21,23H2,1-5H3,(H,41,50)(H,42,49)(H,43,47)(H2,44,45,48)/t25?,27?,33-/m0/s1. The number of pyridine rings is 1. The number of rotatable bonds is 14. The Bertz CT molecular complexity index is 1870. The minimum Gasteiger partial charge on any atom is -0.478 e. The van der Waals surface area contributed by atoms with Gasteiger partial charge in [-0.05, 0) is 108 Å². The number of H-pyrrole nitrogens is 2. The number of nitrogens with one attached hydrogen (secondary N) is 5. The summed E-state index contributed by atoms with van der Waals surface area (Å²) in [5.41, 5.74) is 2.94. The van der Waals surface area contributed by atoms with E-state index >= 15 is 0 Å². The quantitative estimate of drug-likeness (QED) is 0.110. The van der Waals surface area contributed by atoms with Gasteiger partial charge in [0.2, 0.25) is 17.7 Å². The maximum atomic E-state index is 13.8. The number of benzene rings is 2. The predicted octanol–water partition coefficient (Wildman–Crippen LogP) is 5.25. The van der Waals surface area contributed by atoms with E-state index in [9.17, 15) is 19.2 Å². The molecule has 1 aliphatic rings. The average molecular weight is 714 g/mol. The number of alkyl carbamates (subject to hydrolysis) is 1. The molecule has 0 unspecified atom stereocenters. The largest absolute Gasteiger partial charge is 0.478 e. The minimum atomic E-state index is -0.869. The highest BCUT2D eigenvalue weighted by atomic mass is 16.6. The second-order valence-electron chi connectivity index (χ2n) is 14.8. The van der Waals surface area contributed by atoms with Crippen LogP contribution in [0.5, 0.6) is 5.88 Å². The molecule has 0 bridgehead atoms. The fraction of sp³-hybridized carbons (Fsp3) is 0.462. The molecule has 278 valence electrons. The summed E-state index contributed by atoms with van der Waals surface area (Å²) in [6.07, 6.45) is 5.33. The Morgan fingerprint density at radius 1 is 0.981 bits per heavy atom. The molecule has 13 nitrogen and oxygen atoms in total. The molecular weight excluding hydrogens is 662 g/mol. The van der Waals surface area contributed by atoms with Crippen molar-refractivity contribution in [1.82, 2.24) is 30.7 Å². The Hall–Kier alpha value is -5.17. The number of carbonyl (C=O) groups excluding carboxylic acids is 3. The van der Waals surface area contributed by atoms with Crippen molar-refractivity contribution in [3.05, 3.63) is 76.7 Å². The van der Waals surface area contributed by atoms with E-state index < -0.39 is 17.7 Å². The lowest BCUT2D eigenvalue weighted by Crippen LogP contribution is -2.48. The summed E-state index contributed by atoms with van der Waals surface area (Å²) in [7, 11) is 4.06. The number of fused-ring (bicyclic) bond motifs is 1. The summed E-state index contributed by atoms with van der Waals surface area (Å²) in [6, 6.07) is 15.8. The molecule has 1 fully saturated rings. The topological polar surface area (TPSA) is 171 Å². The van der Waals surface area contributed by atoms with Crippen LogP contribution in [-0.4, -0.2) is 83.4 Å². The zero-order valence-corrected chi connectivity index (χ0v) is 30.7. The fourth-order valence-corrected chi connectivity index (χ4v) is 6.32. The summed E-state index contributed by atoms with van der Waals surface area (Å²) in [5, 5.41) is 14.7. The molecule has 3 amide bonds. The maximum absolute atomic E-state index is 13.8. The Morgan fingerprint density at radius 3 is 2.48 bits per heavy atom. The number of hydrogen-bond acceptors (Lipinski definition) is 8. The molecule has 1 saturated carbocycles. The summed E-state index contributed by atoms with van der Waals surface area (Å²) >= 11 is 0. The highest BCUT2D eigenvalue weighted by Gasteiger charge is 2.30. The minimum absolute atomic E-state index is 0.175. The van der Waals surface area contributed by atoms with Gasteiger partial charge in [0.25, 0.3) is 5.56 Å². The summed E-state index contributed by atoms with van der Waals surface area (Å²) in [6.45, 7) is 7.48. The average Bonchev–Trinajstić information content (AvgIpc) is 3.48. The molecule has 4 aromatic rings. The van der Waals surface area contributed by atoms with E-state index in [-0.39, 0.29) is 35.6 Å². The van der Waals surface area contributed by atoms with E-state index in [4.69, 9.17) is 9.47 Å². The van der Waals surface area contributed by atoms with Crippen molar-refractivity contribution in [2.75, 3.05) is 39.1 Å². The van der Waals surface area contributed by atoms with Gasteiger partial charge in [-0.15, -0.1) is 0 Å². The Labute approximate surface area is 304 Å². The van der Waals surface area contributed by atoms with E-state index in [1.165, 1.54) is 0 Å². The number of anilines is 1. The van der Waals surface area contributed by atoms with Crippen molar-refractivity contribution in [1.29, 1.82) is 0 Å². The summed E-state index contributed by atoms with van der Waals surface area (Å²) in [5.74, 6) is 0.00410. The van der Waals surface area contributed by atoms with Crippen LogP contribution in [0.15, 0.2) is 65.6 Å². The van der Waals surface area contributed by atoms with E-state index in [1.54, 1.807) is 24.4 Å². The molecule has 0 aliphatic heterocycles. The van der Waals surface area contributed by atoms with E-state index in [1.807, 2.05) is 71.3 Å². The van der Waals surface area contributed by atoms with Crippen molar-refractivity contribution in [2.45, 2.75) is 70.9 Å². The molecule has 1 atom stereocenters. The van der Waals surface area contributed by atoms with Crippen LogP contribution in [0.25, 0.3) is 22.0 Å². The molecule has 0 radical (unpaired) electrons. The molecule has 0 saturated heterocycles. The van der Waals surface area contributed by atoms with Crippen LogP contribution in [0.1, 0.15) is 58.4 Å². The second-order valence-corrected chi connectivity index (χ2v) is 14.8. The van der Waals surface area contributed by atoms with Crippen molar-refractivity contribution in [2.24, 2.45) is 11.8 Å². The predicted molar refractivity (Wildman–Crippen MR) is 201 cm³/mol. The number of aromatic amines is 2. The first-order valence-corrected chi connectivity index (χ1v) is 17.9. The first-order chi connectivity index (χ1) is 24.8. The number of nitrogens with zero attached hydrogens (tertiary/aromatic N) is 2. The molecule has 2 aromatic carbocycles. The van der Waals surface area contributed by atoms with E-state index in [0.717, 1.165) is 42.5 Å². The van der Waals surface area contributed by atoms with Gasteiger partial charge < -0.3 is 30.3 Å². The number of amides is 3. The third-order valence-electron chi connectivity index (χ3n) is 9.06. The zero-order chi connectivity index (χ0) is 37.3. The lowest BCUT2D eigenvalue weighted by molar-refractivity contribution is -0.130. The van der Waals surface area contributed by atoms with Gasteiger partial charge in [0.1, 0.15) is 11.6 Å². The van der Waals surface area contributed by atoms with Crippen molar-refractivity contribution < 1.29 is 23.9 Å². The normalized spacial score (nSPS) is 16.7. The highest BCUT2D eigenvalue weighted by molar-refractivity contribution is 5.99. The molecule has 13 heteroatoms. The van der Waals surface area contributed by atoms with Crippen LogP contribution in [0.4, 0.5) is 10.5 Å². The Balaban J connectivity index is 1.25. The van der Waals surface area contributed by atoms with Crippen molar-refractivity contribution >= 4 is 34.5 Å². The van der Waals surface area contributed by atoms with Gasteiger partial charge in [-0.2, -0.15) is 0 Å². The van der Waals surface area contributed by atoms with Crippen LogP contribution in [0.2, 0.25) is 0 Å². The molecule has 2 heterocycles. The van der Waals surface area contributed by atoms with Gasteiger partial charge in [-0.1, -0.05) is 24.3 Å². The van der Waals surface area contributed by atoms with Crippen LogP contribution < -0.4 is 26.2 Å². The summed E-state index contributed by atoms with van der Waals surface area (Å²) in [4.78, 5) is 58.2. The van der Waals surface area contributed by atoms with Crippen LogP contribution in [0, 0.1) is 11.8 Å². The van der Waals surface area contributed by atoms with Gasteiger partial charge in [0, 0.05) is 48.9 Å². The Kier molecular flexibility index (Phi) is 12.7. The van der Waals surface area contributed by atoms with Crippen molar-refractivity contribution in [3.8, 4) is 17.0 Å². The molecular formula is C39H51N7O6. The molecule has 0 spiro atoms. The smallest absolute Gasteiger partial charge is 0.407 e. The fourth-order valence-electron chi connectivity index (χ4n) is 6.32. The SMILES string of the molecule is CN(C)CCCOc1ccc(-c2cccc(C[C@H](NC(=O)C3CCC(CNC(=O)OC(C)(C)C)CC3)C(=O)Nc3ccc4c(=O)[nH][nH]c4c3)c2)cn1. The third-order valence-corrected chi connectivity index (χ3v) is 9.06. The third kappa shape index (κ3) is 11.2. The monoisotopic (exact) mass is 713 g/mol. The molecule has 52 heavy (non-hydrogen) atoms.